The first-order valence-electron chi connectivity index (χ1n) is 7.14. The van der Waals surface area contributed by atoms with E-state index in [9.17, 15) is 0 Å². The number of nitrogens with zero attached hydrogens (tertiary/aromatic N) is 1. The van der Waals surface area contributed by atoms with Crippen molar-refractivity contribution in [3.63, 3.8) is 0 Å². The number of hydrogen-bond acceptors (Lipinski definition) is 3. The van der Waals surface area contributed by atoms with E-state index in [1.54, 1.807) is 6.20 Å². The van der Waals surface area contributed by atoms with Gasteiger partial charge < -0.3 is 10.1 Å². The minimum atomic E-state index is 0.484. The Morgan fingerprint density at radius 3 is 2.65 bits per heavy atom. The Morgan fingerprint density at radius 1 is 1.10 bits per heavy atom. The summed E-state index contributed by atoms with van der Waals surface area (Å²) >= 11 is 0. The highest BCUT2D eigenvalue weighted by Crippen LogP contribution is 2.25. The summed E-state index contributed by atoms with van der Waals surface area (Å²) in [5.74, 6) is 2.40. The van der Waals surface area contributed by atoms with Gasteiger partial charge >= 0.3 is 0 Å². The van der Waals surface area contributed by atoms with Crippen LogP contribution in [0.5, 0.6) is 5.75 Å². The van der Waals surface area contributed by atoms with Gasteiger partial charge in [0.25, 0.3) is 0 Å². The number of benzene rings is 1. The lowest BCUT2D eigenvalue weighted by molar-refractivity contribution is 0.310. The fourth-order valence-corrected chi connectivity index (χ4v) is 2.03. The maximum atomic E-state index is 5.88. The highest BCUT2D eigenvalue weighted by molar-refractivity contribution is 5.35. The highest BCUT2D eigenvalue weighted by Gasteiger charge is 2.06. The second-order valence-corrected chi connectivity index (χ2v) is 5.04. The SMILES string of the molecule is CC(C)c1ccccc1OCCCNc1ccccn1. The van der Waals surface area contributed by atoms with Gasteiger partial charge in [0, 0.05) is 12.7 Å². The smallest absolute Gasteiger partial charge is 0.125 e. The highest BCUT2D eigenvalue weighted by atomic mass is 16.5. The van der Waals surface area contributed by atoms with Crippen LogP contribution >= 0.6 is 0 Å². The van der Waals surface area contributed by atoms with Crippen LogP contribution in [0.3, 0.4) is 0 Å². The van der Waals surface area contributed by atoms with Crippen LogP contribution in [0, 0.1) is 0 Å². The van der Waals surface area contributed by atoms with Crippen molar-refractivity contribution >= 4 is 5.82 Å². The fraction of sp³-hybridized carbons (Fsp3) is 0.353. The van der Waals surface area contributed by atoms with Gasteiger partial charge in [-0.2, -0.15) is 0 Å². The van der Waals surface area contributed by atoms with E-state index in [2.05, 4.69) is 36.3 Å². The summed E-state index contributed by atoms with van der Waals surface area (Å²) < 4.78 is 5.88. The van der Waals surface area contributed by atoms with E-state index in [1.807, 2.05) is 30.3 Å². The molecule has 3 heteroatoms. The third-order valence-electron chi connectivity index (χ3n) is 3.09. The van der Waals surface area contributed by atoms with Gasteiger partial charge in [-0.05, 0) is 36.1 Å². The van der Waals surface area contributed by atoms with Gasteiger partial charge in [0.2, 0.25) is 0 Å². The van der Waals surface area contributed by atoms with Crippen molar-refractivity contribution in [3.05, 3.63) is 54.2 Å². The number of pyridine rings is 1. The van der Waals surface area contributed by atoms with Crippen LogP contribution < -0.4 is 10.1 Å². The maximum absolute atomic E-state index is 5.88. The maximum Gasteiger partial charge on any atom is 0.125 e. The van der Waals surface area contributed by atoms with E-state index in [1.165, 1.54) is 5.56 Å². The van der Waals surface area contributed by atoms with Crippen LogP contribution in [0.25, 0.3) is 0 Å². The number of nitrogens with one attached hydrogen (secondary N) is 1. The number of rotatable bonds is 7. The standard InChI is InChI=1S/C17H22N2O/c1-14(2)15-8-3-4-9-16(15)20-13-7-12-19-17-10-5-6-11-18-17/h3-6,8-11,14H,7,12-13H2,1-2H3,(H,18,19). The predicted molar refractivity (Wildman–Crippen MR) is 83.4 cm³/mol. The summed E-state index contributed by atoms with van der Waals surface area (Å²) in [5.41, 5.74) is 1.27. The Labute approximate surface area is 121 Å². The van der Waals surface area contributed by atoms with Gasteiger partial charge in [0.1, 0.15) is 11.6 Å². The van der Waals surface area contributed by atoms with Crippen molar-refractivity contribution in [2.45, 2.75) is 26.2 Å². The summed E-state index contributed by atoms with van der Waals surface area (Å²) in [6.07, 6.45) is 2.74. The van der Waals surface area contributed by atoms with E-state index in [0.717, 1.165) is 24.5 Å². The lowest BCUT2D eigenvalue weighted by atomic mass is 10.0. The monoisotopic (exact) mass is 270 g/mol. The molecule has 0 bridgehead atoms. The van der Waals surface area contributed by atoms with Crippen molar-refractivity contribution in [3.8, 4) is 5.75 Å². The molecule has 0 aliphatic rings. The number of para-hydroxylation sites is 1. The summed E-state index contributed by atoms with van der Waals surface area (Å²) in [4.78, 5) is 4.22. The Bertz CT molecular complexity index is 511. The zero-order valence-electron chi connectivity index (χ0n) is 12.2. The first-order chi connectivity index (χ1) is 9.77. The second kappa shape index (κ2) is 7.53. The van der Waals surface area contributed by atoms with Crippen LogP contribution in [0.1, 0.15) is 31.7 Å². The molecule has 0 spiro atoms. The lowest BCUT2D eigenvalue weighted by Gasteiger charge is -2.14. The molecule has 0 aliphatic heterocycles. The second-order valence-electron chi connectivity index (χ2n) is 5.04. The molecule has 3 nitrogen and oxygen atoms in total. The van der Waals surface area contributed by atoms with Crippen LogP contribution in [0.4, 0.5) is 5.82 Å². The first kappa shape index (κ1) is 14.4. The molecule has 0 radical (unpaired) electrons. The molecule has 0 aliphatic carbocycles. The zero-order valence-corrected chi connectivity index (χ0v) is 12.2. The minimum absolute atomic E-state index is 0.484. The molecule has 0 atom stereocenters. The number of aromatic nitrogens is 1. The van der Waals surface area contributed by atoms with Crippen molar-refractivity contribution in [2.24, 2.45) is 0 Å². The molecule has 106 valence electrons. The summed E-state index contributed by atoms with van der Waals surface area (Å²) in [5, 5.41) is 3.28. The Hall–Kier alpha value is -2.03. The summed E-state index contributed by atoms with van der Waals surface area (Å²) in [6, 6.07) is 14.1. The van der Waals surface area contributed by atoms with Crippen LogP contribution in [-0.2, 0) is 0 Å². The molecule has 0 fully saturated rings. The molecule has 1 N–H and O–H groups in total. The molecule has 0 amide bonds. The quantitative estimate of drug-likeness (QED) is 0.770. The molecule has 1 aromatic carbocycles. The molecule has 2 aromatic rings. The van der Waals surface area contributed by atoms with Crippen molar-refractivity contribution in [1.29, 1.82) is 0 Å². The summed E-state index contributed by atoms with van der Waals surface area (Å²) in [7, 11) is 0. The average Bonchev–Trinajstić information content (AvgIpc) is 2.48. The van der Waals surface area contributed by atoms with E-state index in [-0.39, 0.29) is 0 Å². The van der Waals surface area contributed by atoms with E-state index in [0.29, 0.717) is 12.5 Å². The van der Waals surface area contributed by atoms with Gasteiger partial charge in [-0.25, -0.2) is 4.98 Å². The third-order valence-corrected chi connectivity index (χ3v) is 3.09. The zero-order chi connectivity index (χ0) is 14.2. The topological polar surface area (TPSA) is 34.1 Å². The van der Waals surface area contributed by atoms with Gasteiger partial charge in [0.05, 0.1) is 6.61 Å². The Balaban J connectivity index is 1.74. The number of anilines is 1. The normalized spacial score (nSPS) is 10.6. The van der Waals surface area contributed by atoms with Gasteiger partial charge in [0.15, 0.2) is 0 Å². The molecule has 0 saturated carbocycles. The minimum Gasteiger partial charge on any atom is -0.493 e. The predicted octanol–water partition coefficient (Wildman–Crippen LogP) is 4.09. The molecule has 1 heterocycles. The fourth-order valence-electron chi connectivity index (χ4n) is 2.03. The molecular formula is C17H22N2O. The Morgan fingerprint density at radius 2 is 1.90 bits per heavy atom. The molecule has 2 rings (SSSR count). The molecule has 0 unspecified atom stereocenters. The number of ether oxygens (including phenoxy) is 1. The van der Waals surface area contributed by atoms with Gasteiger partial charge in [-0.1, -0.05) is 38.1 Å². The Kier molecular flexibility index (Phi) is 5.42. The van der Waals surface area contributed by atoms with Gasteiger partial charge in [-0.3, -0.25) is 0 Å². The van der Waals surface area contributed by atoms with E-state index in [4.69, 9.17) is 4.74 Å². The third kappa shape index (κ3) is 4.26. The number of hydrogen-bond donors (Lipinski definition) is 1. The van der Waals surface area contributed by atoms with Crippen LogP contribution in [0.2, 0.25) is 0 Å². The van der Waals surface area contributed by atoms with E-state index < -0.39 is 0 Å². The summed E-state index contributed by atoms with van der Waals surface area (Å²) in [6.45, 7) is 5.94. The van der Waals surface area contributed by atoms with Crippen LogP contribution in [-0.4, -0.2) is 18.1 Å². The van der Waals surface area contributed by atoms with Crippen molar-refractivity contribution < 1.29 is 4.74 Å². The van der Waals surface area contributed by atoms with Gasteiger partial charge in [-0.15, -0.1) is 0 Å². The van der Waals surface area contributed by atoms with Crippen LogP contribution in [0.15, 0.2) is 48.7 Å². The van der Waals surface area contributed by atoms with Crippen molar-refractivity contribution in [1.82, 2.24) is 4.98 Å². The average molecular weight is 270 g/mol. The van der Waals surface area contributed by atoms with E-state index >= 15 is 0 Å². The van der Waals surface area contributed by atoms with Crippen molar-refractivity contribution in [2.75, 3.05) is 18.5 Å². The molecule has 0 saturated heterocycles. The molecule has 1 aromatic heterocycles. The molecule has 20 heavy (non-hydrogen) atoms. The molecular weight excluding hydrogens is 248 g/mol. The lowest BCUT2D eigenvalue weighted by Crippen LogP contribution is -2.09. The largest absolute Gasteiger partial charge is 0.493 e. The first-order valence-corrected chi connectivity index (χ1v) is 7.14.